The molecule has 4 rings (SSSR count). The minimum Gasteiger partial charge on any atom is -0.477 e. The fourth-order valence-corrected chi connectivity index (χ4v) is 4.00. The number of aromatic carboxylic acids is 1. The highest BCUT2D eigenvalue weighted by molar-refractivity contribution is 6.32. The Labute approximate surface area is 254 Å². The van der Waals surface area contributed by atoms with Crippen LogP contribution in [0.5, 0.6) is 23.0 Å². The van der Waals surface area contributed by atoms with Crippen LogP contribution in [0, 0.1) is 10.1 Å². The summed E-state index contributed by atoms with van der Waals surface area (Å²) in [6.07, 6.45) is -4.64. The lowest BCUT2D eigenvalue weighted by Crippen LogP contribution is -2.16. The summed E-state index contributed by atoms with van der Waals surface area (Å²) < 4.78 is 54.2. The van der Waals surface area contributed by atoms with Gasteiger partial charge in [0.1, 0.15) is 28.6 Å². The maximum atomic E-state index is 12.8. The van der Waals surface area contributed by atoms with E-state index >= 15 is 0 Å². The van der Waals surface area contributed by atoms with Crippen LogP contribution >= 0.6 is 11.6 Å². The number of carbonyl (C=O) groups is 2. The molecule has 0 aliphatic carbocycles. The number of carbonyl (C=O) groups excluding carboxylic acids is 1. The first-order valence-corrected chi connectivity index (χ1v) is 13.2. The number of carboxylic acid groups (broad SMARTS) is 1. The molecule has 0 radical (unpaired) electrons. The van der Waals surface area contributed by atoms with Crippen molar-refractivity contribution in [2.24, 2.45) is 0 Å². The molecule has 0 aliphatic rings. The summed E-state index contributed by atoms with van der Waals surface area (Å²) in [7, 11) is 0. The van der Waals surface area contributed by atoms with Gasteiger partial charge in [0.05, 0.1) is 28.0 Å². The van der Waals surface area contributed by atoms with E-state index in [0.29, 0.717) is 12.1 Å². The van der Waals surface area contributed by atoms with Crippen LogP contribution in [0.3, 0.4) is 0 Å². The molecule has 0 saturated heterocycles. The van der Waals surface area contributed by atoms with Crippen LogP contribution in [0.1, 0.15) is 41.3 Å². The number of esters is 1. The van der Waals surface area contributed by atoms with Crippen molar-refractivity contribution in [1.29, 1.82) is 0 Å². The topological polar surface area (TPSA) is 125 Å². The Morgan fingerprint density at radius 2 is 1.48 bits per heavy atom. The van der Waals surface area contributed by atoms with Gasteiger partial charge in [0.25, 0.3) is 5.69 Å². The zero-order valence-corrected chi connectivity index (χ0v) is 24.0. The molecule has 1 unspecified atom stereocenters. The van der Waals surface area contributed by atoms with Gasteiger partial charge in [-0.25, -0.2) is 4.79 Å². The molecule has 0 bridgehead atoms. The van der Waals surface area contributed by atoms with Crippen LogP contribution in [0.15, 0.2) is 91.0 Å². The van der Waals surface area contributed by atoms with Crippen molar-refractivity contribution in [3.63, 3.8) is 0 Å². The van der Waals surface area contributed by atoms with Crippen molar-refractivity contribution in [1.82, 2.24) is 0 Å². The summed E-state index contributed by atoms with van der Waals surface area (Å²) in [5.74, 6) is -2.54. The number of ether oxygens (including phenoxy) is 3. The number of benzene rings is 4. The Bertz CT molecular complexity index is 1580. The Hall–Kier alpha value is -5.10. The number of hydrogen-bond donors (Lipinski definition) is 1. The highest BCUT2D eigenvalue weighted by atomic mass is 35.5. The Morgan fingerprint density at radius 3 is 1.93 bits per heavy atom. The van der Waals surface area contributed by atoms with Gasteiger partial charge in [-0.05, 0) is 62.4 Å². The molecule has 0 aromatic heterocycles. The molecule has 230 valence electrons. The van der Waals surface area contributed by atoms with Crippen molar-refractivity contribution >= 4 is 29.2 Å². The second-order valence-electron chi connectivity index (χ2n) is 8.92. The zero-order chi connectivity index (χ0) is 32.4. The van der Waals surface area contributed by atoms with Gasteiger partial charge in [0.2, 0.25) is 0 Å². The van der Waals surface area contributed by atoms with E-state index in [1.54, 1.807) is 0 Å². The van der Waals surface area contributed by atoms with Gasteiger partial charge in [-0.1, -0.05) is 48.0 Å². The molecule has 13 heteroatoms. The lowest BCUT2D eigenvalue weighted by Gasteiger charge is -2.16. The largest absolute Gasteiger partial charge is 0.477 e. The number of para-hydroxylation sites is 2. The van der Waals surface area contributed by atoms with E-state index in [1.807, 2.05) is 60.7 Å². The Kier molecular flexibility index (Phi) is 11.3. The molecule has 4 aromatic rings. The van der Waals surface area contributed by atoms with Crippen molar-refractivity contribution in [3.8, 4) is 23.0 Å². The highest BCUT2D eigenvalue weighted by Gasteiger charge is 2.33. The van der Waals surface area contributed by atoms with Gasteiger partial charge in [0, 0.05) is 11.6 Å². The second-order valence-corrected chi connectivity index (χ2v) is 9.33. The van der Waals surface area contributed by atoms with E-state index in [1.165, 1.54) is 13.8 Å². The molecule has 0 aliphatic heterocycles. The fourth-order valence-electron chi connectivity index (χ4n) is 3.78. The fraction of sp³-hybridized carbons (Fsp3) is 0.161. The van der Waals surface area contributed by atoms with E-state index in [4.69, 9.17) is 25.8 Å². The number of nitrogens with zero attached hydrogens (tertiary/aromatic N) is 1. The molecule has 9 nitrogen and oxygen atoms in total. The second kappa shape index (κ2) is 14.9. The zero-order valence-electron chi connectivity index (χ0n) is 23.2. The summed E-state index contributed by atoms with van der Waals surface area (Å²) in [4.78, 5) is 34.2. The molecule has 0 saturated carbocycles. The number of alkyl halides is 3. The first-order valence-electron chi connectivity index (χ1n) is 12.9. The van der Waals surface area contributed by atoms with Crippen molar-refractivity contribution in [2.45, 2.75) is 25.9 Å². The molecular weight excluding hydrogens is 607 g/mol. The summed E-state index contributed by atoms with van der Waals surface area (Å²) in [5, 5.41) is 20.5. The molecule has 44 heavy (non-hydrogen) atoms. The molecule has 1 N–H and O–H groups in total. The number of nitro benzene ring substituents is 1. The maximum Gasteiger partial charge on any atom is 0.416 e. The normalized spacial score (nSPS) is 11.4. The summed E-state index contributed by atoms with van der Waals surface area (Å²) >= 11 is 5.84. The molecule has 4 aromatic carbocycles. The number of hydrogen-bond acceptors (Lipinski definition) is 7. The van der Waals surface area contributed by atoms with Gasteiger partial charge < -0.3 is 19.3 Å². The van der Waals surface area contributed by atoms with Gasteiger partial charge in [-0.15, -0.1) is 0 Å². The van der Waals surface area contributed by atoms with Gasteiger partial charge >= 0.3 is 18.1 Å². The molecule has 0 spiro atoms. The molecule has 0 amide bonds. The molecular formula is C31H25ClF3NO8. The number of rotatable bonds is 9. The molecule has 1 atom stereocenters. The van der Waals surface area contributed by atoms with Crippen LogP contribution in [0.25, 0.3) is 0 Å². The Balaban J connectivity index is 0.000000335. The standard InChI is InChI=1S/C19H15ClF3NO7.C12H10O/c1-3-30-18(27)9(2)12-7-11(8-13(17(25)26)16(12)24(28)29)31-15-5-4-10(6-14(15)20)19(21,22)23;1-3-7-11(8-4-1)13-12-9-5-2-6-10-12/h4-9H,3H2,1-2H3,(H,25,26);1-10H. The number of halogens is 4. The third-order valence-electron chi connectivity index (χ3n) is 5.84. The van der Waals surface area contributed by atoms with E-state index in [9.17, 15) is 38.0 Å². The van der Waals surface area contributed by atoms with Gasteiger partial charge in [-0.2, -0.15) is 13.2 Å². The van der Waals surface area contributed by atoms with E-state index < -0.39 is 50.8 Å². The van der Waals surface area contributed by atoms with Gasteiger partial charge in [-0.3, -0.25) is 14.9 Å². The average molecular weight is 632 g/mol. The first kappa shape index (κ1) is 33.4. The maximum absolute atomic E-state index is 12.8. The van der Waals surface area contributed by atoms with Crippen LogP contribution in [-0.4, -0.2) is 28.6 Å². The van der Waals surface area contributed by atoms with E-state index in [-0.39, 0.29) is 23.7 Å². The number of carboxylic acids is 1. The average Bonchev–Trinajstić information content (AvgIpc) is 2.98. The minimum atomic E-state index is -4.64. The predicted octanol–water partition coefficient (Wildman–Crippen LogP) is 8.90. The summed E-state index contributed by atoms with van der Waals surface area (Å²) in [6.45, 7) is 2.79. The first-order chi connectivity index (χ1) is 20.8. The summed E-state index contributed by atoms with van der Waals surface area (Å²) in [6, 6.07) is 23.6. The lowest BCUT2D eigenvalue weighted by molar-refractivity contribution is -0.386. The monoisotopic (exact) mass is 631 g/mol. The van der Waals surface area contributed by atoms with Crippen LogP contribution < -0.4 is 9.47 Å². The van der Waals surface area contributed by atoms with Crippen molar-refractivity contribution < 1.29 is 47.0 Å². The van der Waals surface area contributed by atoms with Crippen LogP contribution in [0.4, 0.5) is 18.9 Å². The SMILES string of the molecule is CCOC(=O)C(C)c1cc(Oc2ccc(C(F)(F)F)cc2Cl)cc(C(=O)O)c1[N+](=O)[O-].c1ccc(Oc2ccccc2)cc1. The van der Waals surface area contributed by atoms with Crippen molar-refractivity contribution in [3.05, 3.63) is 123 Å². The minimum absolute atomic E-state index is 0.0138. The van der Waals surface area contributed by atoms with E-state index in [2.05, 4.69) is 0 Å². The molecule has 0 fully saturated rings. The Morgan fingerprint density at radius 1 is 0.909 bits per heavy atom. The van der Waals surface area contributed by atoms with Crippen molar-refractivity contribution in [2.75, 3.05) is 6.61 Å². The van der Waals surface area contributed by atoms with Crippen LogP contribution in [0.2, 0.25) is 5.02 Å². The smallest absolute Gasteiger partial charge is 0.416 e. The molecule has 0 heterocycles. The van der Waals surface area contributed by atoms with Gasteiger partial charge in [0.15, 0.2) is 0 Å². The third kappa shape index (κ3) is 8.95. The quantitative estimate of drug-likeness (QED) is 0.110. The summed E-state index contributed by atoms with van der Waals surface area (Å²) in [5.41, 5.74) is -2.95. The third-order valence-corrected chi connectivity index (χ3v) is 6.14. The predicted molar refractivity (Wildman–Crippen MR) is 155 cm³/mol. The van der Waals surface area contributed by atoms with Crippen LogP contribution in [-0.2, 0) is 15.7 Å². The van der Waals surface area contributed by atoms with E-state index in [0.717, 1.165) is 29.7 Å². The highest BCUT2D eigenvalue weighted by Crippen LogP contribution is 2.40. The number of nitro groups is 1. The lowest BCUT2D eigenvalue weighted by atomic mass is 9.95.